The molecule has 1 saturated heterocycles. The fourth-order valence-electron chi connectivity index (χ4n) is 2.86. The minimum absolute atomic E-state index is 0.0145. The number of nitro groups is 1. The fourth-order valence-corrected chi connectivity index (χ4v) is 2.86. The molecule has 158 valence electrons. The molecule has 0 radical (unpaired) electrons. The number of non-ortho nitro benzene ring substituents is 1. The number of morpholine rings is 1. The summed E-state index contributed by atoms with van der Waals surface area (Å²) in [6, 6.07) is 6.58. The minimum Gasteiger partial charge on any atom is -0.452 e. The quantitative estimate of drug-likeness (QED) is 0.433. The van der Waals surface area contributed by atoms with E-state index in [9.17, 15) is 28.5 Å². The van der Waals surface area contributed by atoms with Crippen LogP contribution in [0.1, 0.15) is 10.4 Å². The van der Waals surface area contributed by atoms with E-state index in [-0.39, 0.29) is 16.9 Å². The maximum Gasteiger partial charge on any atom is 0.341 e. The second-order valence-corrected chi connectivity index (χ2v) is 6.31. The molecule has 1 fully saturated rings. The van der Waals surface area contributed by atoms with Gasteiger partial charge >= 0.3 is 5.97 Å². The average Bonchev–Trinajstić information content (AvgIpc) is 2.74. The molecule has 0 aliphatic carbocycles. The largest absolute Gasteiger partial charge is 0.452 e. The van der Waals surface area contributed by atoms with Gasteiger partial charge in [-0.3, -0.25) is 14.9 Å². The average molecular weight is 421 g/mol. The van der Waals surface area contributed by atoms with Gasteiger partial charge in [-0.25, -0.2) is 13.6 Å². The van der Waals surface area contributed by atoms with Crippen LogP contribution < -0.4 is 10.2 Å². The second-order valence-electron chi connectivity index (χ2n) is 6.31. The Bertz CT molecular complexity index is 979. The standard InChI is InChI=1S/C19H17F2N3O6/c20-15-3-1-12(9-16(15)21)22-18(25)11-30-19(26)14-10-13(24(27)28)2-4-17(14)23-5-7-29-8-6-23/h1-4,9-10H,5-8,11H2,(H,22,25). The van der Waals surface area contributed by atoms with Gasteiger partial charge in [0.05, 0.1) is 29.4 Å². The number of anilines is 2. The molecule has 11 heteroatoms. The fraction of sp³-hybridized carbons (Fsp3) is 0.263. The van der Waals surface area contributed by atoms with Gasteiger partial charge in [-0.05, 0) is 18.2 Å². The Balaban J connectivity index is 1.71. The second kappa shape index (κ2) is 9.27. The molecule has 1 N–H and O–H groups in total. The van der Waals surface area contributed by atoms with Crippen molar-refractivity contribution in [3.05, 3.63) is 63.7 Å². The smallest absolute Gasteiger partial charge is 0.341 e. The van der Waals surface area contributed by atoms with Crippen molar-refractivity contribution in [2.24, 2.45) is 0 Å². The summed E-state index contributed by atoms with van der Waals surface area (Å²) in [5, 5.41) is 13.3. The molecule has 0 atom stereocenters. The van der Waals surface area contributed by atoms with Gasteiger partial charge in [0.25, 0.3) is 11.6 Å². The van der Waals surface area contributed by atoms with Crippen molar-refractivity contribution in [2.75, 3.05) is 43.1 Å². The molecule has 0 unspecified atom stereocenters. The highest BCUT2D eigenvalue weighted by Gasteiger charge is 2.23. The predicted molar refractivity (Wildman–Crippen MR) is 101 cm³/mol. The van der Waals surface area contributed by atoms with Crippen LogP contribution in [-0.4, -0.2) is 49.7 Å². The van der Waals surface area contributed by atoms with Gasteiger partial charge in [-0.2, -0.15) is 0 Å². The van der Waals surface area contributed by atoms with Gasteiger partial charge in [0, 0.05) is 37.0 Å². The number of nitrogens with zero attached hydrogens (tertiary/aromatic N) is 2. The minimum atomic E-state index is -1.14. The molecule has 0 saturated carbocycles. The van der Waals surface area contributed by atoms with Crippen molar-refractivity contribution in [3.63, 3.8) is 0 Å². The molecule has 0 spiro atoms. The summed E-state index contributed by atoms with van der Waals surface area (Å²) >= 11 is 0. The third-order valence-corrected chi connectivity index (χ3v) is 4.30. The van der Waals surface area contributed by atoms with Gasteiger partial charge in [-0.15, -0.1) is 0 Å². The van der Waals surface area contributed by atoms with Gasteiger partial charge in [0.2, 0.25) is 0 Å². The summed E-state index contributed by atoms with van der Waals surface area (Å²) in [5.74, 6) is -3.93. The van der Waals surface area contributed by atoms with E-state index in [0.717, 1.165) is 24.3 Å². The summed E-state index contributed by atoms with van der Waals surface area (Å²) in [5.41, 5.74) is 0.0474. The van der Waals surface area contributed by atoms with Crippen LogP contribution in [0.25, 0.3) is 0 Å². The SMILES string of the molecule is O=C(COC(=O)c1cc([N+](=O)[O-])ccc1N1CCOCC1)Nc1ccc(F)c(F)c1. The summed E-state index contributed by atoms with van der Waals surface area (Å²) in [6.45, 7) is 1.11. The first-order chi connectivity index (χ1) is 14.3. The Morgan fingerprint density at radius 1 is 1.13 bits per heavy atom. The molecule has 0 bridgehead atoms. The van der Waals surface area contributed by atoms with E-state index in [1.807, 2.05) is 4.90 Å². The van der Waals surface area contributed by atoms with Crippen molar-refractivity contribution in [1.82, 2.24) is 0 Å². The Morgan fingerprint density at radius 3 is 2.53 bits per heavy atom. The number of esters is 1. The van der Waals surface area contributed by atoms with E-state index < -0.39 is 35.0 Å². The maximum atomic E-state index is 13.2. The number of carbonyl (C=O) groups is 2. The van der Waals surface area contributed by atoms with E-state index in [4.69, 9.17) is 9.47 Å². The van der Waals surface area contributed by atoms with Crippen molar-refractivity contribution in [1.29, 1.82) is 0 Å². The number of hydrogen-bond acceptors (Lipinski definition) is 7. The lowest BCUT2D eigenvalue weighted by Crippen LogP contribution is -2.37. The zero-order valence-corrected chi connectivity index (χ0v) is 15.6. The van der Waals surface area contributed by atoms with E-state index in [1.54, 1.807) is 0 Å². The highest BCUT2D eigenvalue weighted by atomic mass is 19.2. The molecular weight excluding hydrogens is 404 g/mol. The Hall–Kier alpha value is -3.60. The summed E-state index contributed by atoms with van der Waals surface area (Å²) in [7, 11) is 0. The zero-order chi connectivity index (χ0) is 21.7. The van der Waals surface area contributed by atoms with Crippen LogP contribution in [0.4, 0.5) is 25.8 Å². The monoisotopic (exact) mass is 421 g/mol. The van der Waals surface area contributed by atoms with Crippen LogP contribution in [0.15, 0.2) is 36.4 Å². The first kappa shape index (κ1) is 21.1. The Morgan fingerprint density at radius 2 is 1.87 bits per heavy atom. The molecule has 1 aliphatic rings. The van der Waals surface area contributed by atoms with Gasteiger partial charge < -0.3 is 19.7 Å². The third kappa shape index (κ3) is 5.06. The topological polar surface area (TPSA) is 111 Å². The van der Waals surface area contributed by atoms with Crippen LogP contribution in [0.3, 0.4) is 0 Å². The number of rotatable bonds is 6. The van der Waals surface area contributed by atoms with Crippen LogP contribution in [0.5, 0.6) is 0 Å². The molecule has 3 rings (SSSR count). The van der Waals surface area contributed by atoms with Gasteiger partial charge in [0.15, 0.2) is 18.2 Å². The number of benzene rings is 2. The summed E-state index contributed by atoms with van der Waals surface area (Å²) < 4.78 is 36.4. The van der Waals surface area contributed by atoms with Gasteiger partial charge in [0.1, 0.15) is 0 Å². The molecule has 1 aliphatic heterocycles. The molecular formula is C19H17F2N3O6. The lowest BCUT2D eigenvalue weighted by Gasteiger charge is -2.30. The van der Waals surface area contributed by atoms with Crippen LogP contribution in [0, 0.1) is 21.7 Å². The van der Waals surface area contributed by atoms with Crippen molar-refractivity contribution < 1.29 is 32.8 Å². The number of hydrogen-bond donors (Lipinski definition) is 1. The van der Waals surface area contributed by atoms with Gasteiger partial charge in [-0.1, -0.05) is 0 Å². The number of ether oxygens (including phenoxy) is 2. The molecule has 9 nitrogen and oxygen atoms in total. The lowest BCUT2D eigenvalue weighted by molar-refractivity contribution is -0.384. The van der Waals surface area contributed by atoms with Crippen molar-refractivity contribution in [2.45, 2.75) is 0 Å². The number of amides is 1. The van der Waals surface area contributed by atoms with E-state index >= 15 is 0 Å². The zero-order valence-electron chi connectivity index (χ0n) is 15.6. The normalized spacial score (nSPS) is 13.6. The lowest BCUT2D eigenvalue weighted by atomic mass is 10.1. The predicted octanol–water partition coefficient (Wildman–Crippen LogP) is 2.51. The number of nitrogens with one attached hydrogen (secondary N) is 1. The number of halogens is 2. The molecule has 1 heterocycles. The van der Waals surface area contributed by atoms with Crippen molar-refractivity contribution in [3.8, 4) is 0 Å². The molecule has 0 aromatic heterocycles. The van der Waals surface area contributed by atoms with Crippen LogP contribution in [-0.2, 0) is 14.3 Å². The molecule has 2 aromatic rings. The Labute approximate surface area is 169 Å². The van der Waals surface area contributed by atoms with Crippen LogP contribution >= 0.6 is 0 Å². The number of nitro benzene ring substituents is 1. The number of carbonyl (C=O) groups excluding carboxylic acids is 2. The highest BCUT2D eigenvalue weighted by molar-refractivity contribution is 5.99. The van der Waals surface area contributed by atoms with Crippen LogP contribution in [0.2, 0.25) is 0 Å². The Kier molecular flexibility index (Phi) is 6.52. The van der Waals surface area contributed by atoms with E-state index in [1.165, 1.54) is 12.1 Å². The summed E-state index contributed by atoms with van der Waals surface area (Å²) in [4.78, 5) is 36.8. The van der Waals surface area contributed by atoms with E-state index in [2.05, 4.69) is 5.32 Å². The van der Waals surface area contributed by atoms with Crippen molar-refractivity contribution >= 4 is 28.9 Å². The first-order valence-corrected chi connectivity index (χ1v) is 8.88. The maximum absolute atomic E-state index is 13.2. The first-order valence-electron chi connectivity index (χ1n) is 8.88. The summed E-state index contributed by atoms with van der Waals surface area (Å²) in [6.07, 6.45) is 0. The molecule has 30 heavy (non-hydrogen) atoms. The molecule has 1 amide bonds. The highest BCUT2D eigenvalue weighted by Crippen LogP contribution is 2.27. The van der Waals surface area contributed by atoms with E-state index in [0.29, 0.717) is 32.0 Å². The molecule has 2 aromatic carbocycles. The third-order valence-electron chi connectivity index (χ3n) is 4.30.